The summed E-state index contributed by atoms with van der Waals surface area (Å²) >= 11 is 5.54. The molecule has 0 spiro atoms. The fourth-order valence-corrected chi connectivity index (χ4v) is 1.19. The van der Waals surface area contributed by atoms with Crippen LogP contribution >= 0.6 is 11.6 Å². The molecule has 98 valence electrons. The lowest BCUT2D eigenvalue weighted by molar-refractivity contribution is -0.123. The van der Waals surface area contributed by atoms with Crippen LogP contribution in [-0.2, 0) is 4.79 Å². The van der Waals surface area contributed by atoms with Gasteiger partial charge in [-0.25, -0.2) is 4.99 Å². The van der Waals surface area contributed by atoms with Crippen molar-refractivity contribution >= 4 is 34.7 Å². The van der Waals surface area contributed by atoms with E-state index in [1.807, 2.05) is 20.8 Å². The van der Waals surface area contributed by atoms with Crippen LogP contribution in [0.2, 0.25) is 0 Å². The maximum Gasteiger partial charge on any atom is 0.229 e. The molecule has 0 unspecified atom stereocenters. The highest BCUT2D eigenvalue weighted by atomic mass is 35.5. The lowest BCUT2D eigenvalue weighted by atomic mass is 9.95. The number of amides is 1. The number of anilines is 1. The van der Waals surface area contributed by atoms with Crippen LogP contribution in [0, 0.1) is 5.41 Å². The molecule has 0 atom stereocenters. The summed E-state index contributed by atoms with van der Waals surface area (Å²) in [4.78, 5) is 15.9. The summed E-state index contributed by atoms with van der Waals surface area (Å²) in [6.07, 6.45) is 0. The molecule has 0 fully saturated rings. The summed E-state index contributed by atoms with van der Waals surface area (Å²) in [5.74, 6) is 0.532. The van der Waals surface area contributed by atoms with Gasteiger partial charge in [0.05, 0.1) is 11.6 Å². The predicted molar refractivity (Wildman–Crippen MR) is 76.5 cm³/mol. The quantitative estimate of drug-likeness (QED) is 0.502. The van der Waals surface area contributed by atoms with Crippen LogP contribution in [0.4, 0.5) is 11.4 Å². The van der Waals surface area contributed by atoms with Crippen LogP contribution in [0.1, 0.15) is 20.8 Å². The van der Waals surface area contributed by atoms with Crippen molar-refractivity contribution in [3.8, 4) is 0 Å². The number of nitrogens with one attached hydrogen (secondary N) is 1. The third-order valence-electron chi connectivity index (χ3n) is 2.22. The van der Waals surface area contributed by atoms with Crippen molar-refractivity contribution in [2.24, 2.45) is 16.1 Å². The number of nitrogens with two attached hydrogens (primary N) is 1. The first kappa shape index (κ1) is 14.5. The smallest absolute Gasteiger partial charge is 0.229 e. The second-order valence-corrected chi connectivity index (χ2v) is 5.26. The Morgan fingerprint density at radius 2 is 1.89 bits per heavy atom. The standard InChI is InChI=1S/C13H18ClN3O/c1-13(2,3)12(18)17-10-6-4-9(5-7-10)16-11(15)8-14/h4-7H,8H2,1-3H3,(H2,15,16)(H,17,18). The van der Waals surface area contributed by atoms with Crippen LogP contribution in [0.25, 0.3) is 0 Å². The van der Waals surface area contributed by atoms with E-state index in [0.29, 0.717) is 11.5 Å². The fraction of sp³-hybridized carbons (Fsp3) is 0.385. The van der Waals surface area contributed by atoms with Gasteiger partial charge in [-0.05, 0) is 24.3 Å². The van der Waals surface area contributed by atoms with Crippen molar-refractivity contribution in [3.63, 3.8) is 0 Å². The molecule has 18 heavy (non-hydrogen) atoms. The van der Waals surface area contributed by atoms with E-state index >= 15 is 0 Å². The highest BCUT2D eigenvalue weighted by Crippen LogP contribution is 2.20. The number of hydrogen-bond donors (Lipinski definition) is 2. The van der Waals surface area contributed by atoms with E-state index in [-0.39, 0.29) is 11.8 Å². The zero-order chi connectivity index (χ0) is 13.8. The largest absolute Gasteiger partial charge is 0.386 e. The second-order valence-electron chi connectivity index (χ2n) is 4.99. The number of carbonyl (C=O) groups excluding carboxylic acids is 1. The lowest BCUT2D eigenvalue weighted by Crippen LogP contribution is -2.27. The minimum absolute atomic E-state index is 0.0287. The highest BCUT2D eigenvalue weighted by Gasteiger charge is 2.20. The maximum absolute atomic E-state index is 11.8. The van der Waals surface area contributed by atoms with E-state index < -0.39 is 5.41 Å². The van der Waals surface area contributed by atoms with Gasteiger partial charge in [0, 0.05) is 11.1 Å². The Hall–Kier alpha value is -1.55. The van der Waals surface area contributed by atoms with Gasteiger partial charge in [-0.3, -0.25) is 4.79 Å². The first-order valence-electron chi connectivity index (χ1n) is 5.63. The van der Waals surface area contributed by atoms with Gasteiger partial charge in [0.2, 0.25) is 5.91 Å². The number of benzene rings is 1. The number of amidine groups is 1. The van der Waals surface area contributed by atoms with Crippen molar-refractivity contribution < 1.29 is 4.79 Å². The monoisotopic (exact) mass is 267 g/mol. The first-order chi connectivity index (χ1) is 8.32. The predicted octanol–water partition coefficient (Wildman–Crippen LogP) is 2.90. The highest BCUT2D eigenvalue weighted by molar-refractivity contribution is 6.28. The summed E-state index contributed by atoms with van der Waals surface area (Å²) in [5.41, 5.74) is 6.56. The minimum Gasteiger partial charge on any atom is -0.386 e. The molecule has 1 aromatic carbocycles. The van der Waals surface area contributed by atoms with Crippen molar-refractivity contribution in [2.75, 3.05) is 11.2 Å². The van der Waals surface area contributed by atoms with E-state index in [0.717, 1.165) is 5.69 Å². The molecule has 0 saturated carbocycles. The molecule has 5 heteroatoms. The number of halogens is 1. The van der Waals surface area contributed by atoms with Gasteiger partial charge >= 0.3 is 0 Å². The van der Waals surface area contributed by atoms with Crippen molar-refractivity contribution in [3.05, 3.63) is 24.3 Å². The average Bonchev–Trinajstić information content (AvgIpc) is 2.30. The molecule has 1 rings (SSSR count). The van der Waals surface area contributed by atoms with Gasteiger partial charge in [0.1, 0.15) is 5.84 Å². The summed E-state index contributed by atoms with van der Waals surface area (Å²) in [6.45, 7) is 5.59. The van der Waals surface area contributed by atoms with Crippen molar-refractivity contribution in [2.45, 2.75) is 20.8 Å². The van der Waals surface area contributed by atoms with Gasteiger partial charge in [-0.2, -0.15) is 0 Å². The van der Waals surface area contributed by atoms with Gasteiger partial charge in [0.25, 0.3) is 0 Å². The van der Waals surface area contributed by atoms with E-state index in [2.05, 4.69) is 10.3 Å². The molecule has 0 saturated heterocycles. The number of carbonyl (C=O) groups is 1. The molecule has 0 radical (unpaired) electrons. The van der Waals surface area contributed by atoms with Gasteiger partial charge in [-0.15, -0.1) is 11.6 Å². The normalized spacial score (nSPS) is 12.3. The molecular weight excluding hydrogens is 250 g/mol. The zero-order valence-corrected chi connectivity index (χ0v) is 11.6. The zero-order valence-electron chi connectivity index (χ0n) is 10.8. The van der Waals surface area contributed by atoms with Crippen LogP contribution in [-0.4, -0.2) is 17.6 Å². The Kier molecular flexibility index (Phi) is 4.73. The molecule has 0 aromatic heterocycles. The SMILES string of the molecule is CC(C)(C)C(=O)Nc1ccc(N=C(N)CCl)cc1. The van der Waals surface area contributed by atoms with Crippen molar-refractivity contribution in [1.82, 2.24) is 0 Å². The molecule has 4 nitrogen and oxygen atoms in total. The Balaban J connectivity index is 2.75. The number of rotatable bonds is 3. The summed E-state index contributed by atoms with van der Waals surface area (Å²) in [7, 11) is 0. The third kappa shape index (κ3) is 4.37. The number of hydrogen-bond acceptors (Lipinski definition) is 2. The topological polar surface area (TPSA) is 67.5 Å². The molecule has 0 heterocycles. The number of nitrogens with zero attached hydrogens (tertiary/aromatic N) is 1. The maximum atomic E-state index is 11.8. The van der Waals surface area contributed by atoms with Crippen LogP contribution in [0.5, 0.6) is 0 Å². The lowest BCUT2D eigenvalue weighted by Gasteiger charge is -2.17. The molecular formula is C13H18ClN3O. The van der Waals surface area contributed by atoms with E-state index in [9.17, 15) is 4.79 Å². The van der Waals surface area contributed by atoms with E-state index in [1.165, 1.54) is 0 Å². The summed E-state index contributed by atoms with van der Waals surface area (Å²) in [5, 5.41) is 2.83. The summed E-state index contributed by atoms with van der Waals surface area (Å²) < 4.78 is 0. The number of alkyl halides is 1. The van der Waals surface area contributed by atoms with E-state index in [4.69, 9.17) is 17.3 Å². The Labute approximate surface area is 112 Å². The molecule has 3 N–H and O–H groups in total. The average molecular weight is 268 g/mol. The number of aliphatic imine (C=N–C) groups is 1. The minimum atomic E-state index is -0.417. The van der Waals surface area contributed by atoms with Gasteiger partial charge in [0.15, 0.2) is 0 Å². The first-order valence-corrected chi connectivity index (χ1v) is 6.17. The molecule has 1 amide bonds. The Morgan fingerprint density at radius 1 is 1.33 bits per heavy atom. The van der Waals surface area contributed by atoms with Crippen LogP contribution < -0.4 is 11.1 Å². The fourth-order valence-electron chi connectivity index (χ4n) is 1.13. The Bertz CT molecular complexity index is 446. The second kappa shape index (κ2) is 5.87. The van der Waals surface area contributed by atoms with Crippen LogP contribution in [0.15, 0.2) is 29.3 Å². The molecule has 0 aliphatic rings. The van der Waals surface area contributed by atoms with Gasteiger partial charge in [-0.1, -0.05) is 20.8 Å². The molecule has 0 aliphatic heterocycles. The molecule has 0 aliphatic carbocycles. The Morgan fingerprint density at radius 3 is 2.33 bits per heavy atom. The molecule has 0 bridgehead atoms. The van der Waals surface area contributed by atoms with E-state index in [1.54, 1.807) is 24.3 Å². The third-order valence-corrected chi connectivity index (χ3v) is 2.49. The van der Waals surface area contributed by atoms with Crippen LogP contribution in [0.3, 0.4) is 0 Å². The summed E-state index contributed by atoms with van der Waals surface area (Å²) in [6, 6.07) is 7.11. The molecule has 1 aromatic rings. The van der Waals surface area contributed by atoms with Gasteiger partial charge < -0.3 is 11.1 Å². The van der Waals surface area contributed by atoms with Crippen molar-refractivity contribution in [1.29, 1.82) is 0 Å².